The van der Waals surface area contributed by atoms with E-state index >= 15 is 0 Å². The molecule has 0 atom stereocenters. The molecule has 0 saturated carbocycles. The summed E-state index contributed by atoms with van der Waals surface area (Å²) >= 11 is 0. The third kappa shape index (κ3) is 2.58. The van der Waals surface area contributed by atoms with Crippen molar-refractivity contribution in [2.45, 2.75) is 11.8 Å². The number of nitrogens with one attached hydrogen (secondary N) is 1. The molecule has 150 valence electrons. The number of aromatic nitrogens is 2. The van der Waals surface area contributed by atoms with E-state index in [1.54, 1.807) is 29.8 Å². The third-order valence-corrected chi connectivity index (χ3v) is 6.40. The van der Waals surface area contributed by atoms with Gasteiger partial charge in [0.05, 0.1) is 21.4 Å². The summed E-state index contributed by atoms with van der Waals surface area (Å²) in [6.45, 7) is 1.94. The van der Waals surface area contributed by atoms with E-state index in [1.807, 2.05) is 19.1 Å². The molecule has 2 aromatic heterocycles. The van der Waals surface area contributed by atoms with E-state index in [-0.39, 0.29) is 15.8 Å². The van der Waals surface area contributed by atoms with Gasteiger partial charge in [0.2, 0.25) is 0 Å². The second kappa shape index (κ2) is 6.01. The Kier molecular flexibility index (Phi) is 3.71. The van der Waals surface area contributed by atoms with Crippen LogP contribution in [0.2, 0.25) is 0 Å². The topological polar surface area (TPSA) is 109 Å². The van der Waals surface area contributed by atoms with Crippen LogP contribution in [0.4, 0.5) is 0 Å². The molecule has 8 heteroatoms. The molecule has 0 radical (unpaired) electrons. The Bertz CT molecular complexity index is 1780. The van der Waals surface area contributed by atoms with Crippen LogP contribution in [0.3, 0.4) is 0 Å². The first-order valence-corrected chi connectivity index (χ1v) is 10.6. The van der Waals surface area contributed by atoms with Gasteiger partial charge in [-0.05, 0) is 55.0 Å². The van der Waals surface area contributed by atoms with E-state index in [2.05, 4.69) is 4.98 Å². The molecule has 5 aromatic rings. The molecule has 2 heterocycles. The normalized spacial score (nSPS) is 12.4. The van der Waals surface area contributed by atoms with Crippen molar-refractivity contribution in [3.8, 4) is 0 Å². The number of aromatic amines is 1. The Morgan fingerprint density at radius 2 is 1.43 bits per heavy atom. The fraction of sp³-hybridized carbons (Fsp3) is 0.0909. The van der Waals surface area contributed by atoms with E-state index < -0.39 is 10.1 Å². The van der Waals surface area contributed by atoms with Crippen LogP contribution < -0.4 is 10.9 Å². The summed E-state index contributed by atoms with van der Waals surface area (Å²) in [6, 6.07) is 12.7. The van der Waals surface area contributed by atoms with Gasteiger partial charge in [0, 0.05) is 34.1 Å². The van der Waals surface area contributed by atoms with Crippen molar-refractivity contribution in [3.05, 3.63) is 74.5 Å². The fourth-order valence-corrected chi connectivity index (χ4v) is 4.51. The predicted octanol–water partition coefficient (Wildman–Crippen LogP) is 3.24. The summed E-state index contributed by atoms with van der Waals surface area (Å²) in [5, 5.41) is 1.70. The van der Waals surface area contributed by atoms with Gasteiger partial charge in [0.25, 0.3) is 10.1 Å². The number of pyridine rings is 2. The van der Waals surface area contributed by atoms with E-state index in [1.165, 1.54) is 18.2 Å². The van der Waals surface area contributed by atoms with Crippen molar-refractivity contribution in [1.82, 2.24) is 9.55 Å². The third-order valence-electron chi connectivity index (χ3n) is 5.55. The Hall–Kier alpha value is -3.49. The highest BCUT2D eigenvalue weighted by Gasteiger charge is 2.16. The average molecular weight is 420 g/mol. The van der Waals surface area contributed by atoms with Gasteiger partial charge in [0.15, 0.2) is 10.9 Å². The number of fused-ring (bicyclic) bond motifs is 4. The first-order valence-electron chi connectivity index (χ1n) is 9.15. The maximum absolute atomic E-state index is 13.1. The lowest BCUT2D eigenvalue weighted by atomic mass is 10.0. The first kappa shape index (κ1) is 18.5. The molecule has 0 saturated heterocycles. The number of H-pyrrole nitrogens is 1. The molecule has 0 unspecified atom stereocenters. The smallest absolute Gasteiger partial charge is 0.294 e. The summed E-state index contributed by atoms with van der Waals surface area (Å²) in [5.41, 5.74) is 2.65. The van der Waals surface area contributed by atoms with Crippen LogP contribution >= 0.6 is 0 Å². The van der Waals surface area contributed by atoms with Gasteiger partial charge in [-0.3, -0.25) is 14.1 Å². The van der Waals surface area contributed by atoms with Crippen molar-refractivity contribution in [2.24, 2.45) is 7.05 Å². The van der Waals surface area contributed by atoms with E-state index in [9.17, 15) is 22.6 Å². The summed E-state index contributed by atoms with van der Waals surface area (Å²) in [6.07, 6.45) is 0. The van der Waals surface area contributed by atoms with Crippen LogP contribution in [0.1, 0.15) is 5.56 Å². The lowest BCUT2D eigenvalue weighted by Gasteiger charge is -2.13. The highest BCUT2D eigenvalue weighted by atomic mass is 32.2. The summed E-state index contributed by atoms with van der Waals surface area (Å²) < 4.78 is 34.1. The molecule has 0 aliphatic rings. The summed E-state index contributed by atoms with van der Waals surface area (Å²) in [7, 11) is -2.73. The molecular formula is C22H16N2O5S. The van der Waals surface area contributed by atoms with Crippen molar-refractivity contribution in [3.63, 3.8) is 0 Å². The Morgan fingerprint density at radius 1 is 0.800 bits per heavy atom. The largest absolute Gasteiger partial charge is 0.354 e. The minimum atomic E-state index is -4.42. The number of nitrogens with zero attached hydrogens (tertiary/aromatic N) is 1. The molecule has 0 spiro atoms. The number of hydrogen-bond donors (Lipinski definition) is 2. The van der Waals surface area contributed by atoms with Gasteiger partial charge in [-0.25, -0.2) is 0 Å². The summed E-state index contributed by atoms with van der Waals surface area (Å²) in [5.74, 6) is 0. The molecule has 0 fully saturated rings. The highest BCUT2D eigenvalue weighted by molar-refractivity contribution is 7.85. The zero-order chi connectivity index (χ0) is 21.4. The maximum Gasteiger partial charge on any atom is 0.294 e. The second-order valence-electron chi connectivity index (χ2n) is 7.46. The van der Waals surface area contributed by atoms with Crippen molar-refractivity contribution < 1.29 is 13.0 Å². The number of benzene rings is 3. The van der Waals surface area contributed by atoms with Gasteiger partial charge >= 0.3 is 0 Å². The molecule has 0 amide bonds. The zero-order valence-electron chi connectivity index (χ0n) is 16.1. The van der Waals surface area contributed by atoms with Crippen molar-refractivity contribution in [2.75, 3.05) is 0 Å². The molecular weight excluding hydrogens is 404 g/mol. The maximum atomic E-state index is 13.1. The van der Waals surface area contributed by atoms with Gasteiger partial charge in [0.1, 0.15) is 0 Å². The number of aryl methyl sites for hydroxylation is 2. The number of rotatable bonds is 1. The van der Waals surface area contributed by atoms with Crippen LogP contribution in [-0.2, 0) is 17.2 Å². The van der Waals surface area contributed by atoms with Crippen LogP contribution in [0, 0.1) is 6.92 Å². The van der Waals surface area contributed by atoms with E-state index in [0.29, 0.717) is 43.6 Å². The standard InChI is InChI=1S/C22H16N2O5S/c1-11-3-5-13-17(7-11)23-18-9-16-20(10-15(18)21(13)25)24(2)19-8-12(30(27,28)29)4-6-14(19)22(16)26/h3-10H,1-2H3,(H,23,25)(H,27,28,29). The molecule has 0 aliphatic heterocycles. The highest BCUT2D eigenvalue weighted by Crippen LogP contribution is 2.25. The SMILES string of the molecule is Cc1ccc2c(=O)c3cc4c(cc3[nH]c2c1)c(=O)c1ccc(S(=O)(=O)O)cc1n4C. The second-order valence-corrected chi connectivity index (χ2v) is 8.88. The molecule has 0 bridgehead atoms. The van der Waals surface area contributed by atoms with Gasteiger partial charge in [-0.1, -0.05) is 6.07 Å². The first-order chi connectivity index (χ1) is 14.1. The zero-order valence-corrected chi connectivity index (χ0v) is 16.9. The average Bonchev–Trinajstić information content (AvgIpc) is 2.70. The monoisotopic (exact) mass is 420 g/mol. The summed E-state index contributed by atoms with van der Waals surface area (Å²) in [4.78, 5) is 29.1. The molecule has 3 aromatic carbocycles. The van der Waals surface area contributed by atoms with Crippen LogP contribution in [0.25, 0.3) is 43.6 Å². The fourth-order valence-electron chi connectivity index (χ4n) is 4.00. The lowest BCUT2D eigenvalue weighted by Crippen LogP contribution is -2.12. The minimum absolute atomic E-state index is 0.153. The van der Waals surface area contributed by atoms with Gasteiger partial charge in [-0.15, -0.1) is 0 Å². The molecule has 7 nitrogen and oxygen atoms in total. The van der Waals surface area contributed by atoms with E-state index in [4.69, 9.17) is 0 Å². The lowest BCUT2D eigenvalue weighted by molar-refractivity contribution is 0.483. The Balaban J connectivity index is 1.98. The number of hydrogen-bond acceptors (Lipinski definition) is 4. The molecule has 30 heavy (non-hydrogen) atoms. The van der Waals surface area contributed by atoms with E-state index in [0.717, 1.165) is 5.56 Å². The molecule has 2 N–H and O–H groups in total. The van der Waals surface area contributed by atoms with Crippen molar-refractivity contribution in [1.29, 1.82) is 0 Å². The Morgan fingerprint density at radius 3 is 2.17 bits per heavy atom. The Labute approximate surface area is 169 Å². The predicted molar refractivity (Wildman–Crippen MR) is 117 cm³/mol. The van der Waals surface area contributed by atoms with Crippen LogP contribution in [0.5, 0.6) is 0 Å². The quantitative estimate of drug-likeness (QED) is 0.320. The van der Waals surface area contributed by atoms with Crippen molar-refractivity contribution >= 4 is 53.7 Å². The van der Waals surface area contributed by atoms with Crippen LogP contribution in [-0.4, -0.2) is 22.5 Å². The van der Waals surface area contributed by atoms with Gasteiger partial charge in [-0.2, -0.15) is 8.42 Å². The minimum Gasteiger partial charge on any atom is -0.354 e. The van der Waals surface area contributed by atoms with Crippen LogP contribution in [0.15, 0.2) is 63.0 Å². The molecule has 5 rings (SSSR count). The molecule has 0 aliphatic carbocycles. The van der Waals surface area contributed by atoms with Gasteiger partial charge < -0.3 is 9.55 Å².